The van der Waals surface area contributed by atoms with Crippen molar-refractivity contribution in [2.24, 2.45) is 0 Å². The summed E-state index contributed by atoms with van der Waals surface area (Å²) in [6.45, 7) is 1.83. The van der Waals surface area contributed by atoms with Gasteiger partial charge in [0.25, 0.3) is 0 Å². The molecule has 0 aliphatic heterocycles. The van der Waals surface area contributed by atoms with Crippen LogP contribution in [-0.4, -0.2) is 23.3 Å². The van der Waals surface area contributed by atoms with Gasteiger partial charge in [-0.3, -0.25) is 4.79 Å². The number of hydrogen-bond donors (Lipinski definition) is 0. The van der Waals surface area contributed by atoms with Crippen LogP contribution in [0, 0.1) is 6.92 Å². The Labute approximate surface area is 169 Å². The van der Waals surface area contributed by atoms with Crippen molar-refractivity contribution in [1.29, 1.82) is 0 Å². The number of carbonyl (C=O) groups is 2. The fourth-order valence-corrected chi connectivity index (χ4v) is 3.71. The van der Waals surface area contributed by atoms with Crippen molar-refractivity contribution in [3.63, 3.8) is 0 Å². The largest absolute Gasteiger partial charge is 0.465 e. The normalized spacial score (nSPS) is 11.8. The first-order valence-electron chi connectivity index (χ1n) is 9.07. The molecule has 30 heavy (non-hydrogen) atoms. The Hall–Kier alpha value is -3.61. The molecule has 0 N–H and O–H groups in total. The molecule has 0 radical (unpaired) electrons. The van der Waals surface area contributed by atoms with E-state index in [9.17, 15) is 22.8 Å². The van der Waals surface area contributed by atoms with Gasteiger partial charge in [0.15, 0.2) is 5.78 Å². The van der Waals surface area contributed by atoms with Gasteiger partial charge in [0, 0.05) is 5.56 Å². The van der Waals surface area contributed by atoms with E-state index in [0.29, 0.717) is 5.39 Å². The maximum Gasteiger partial charge on any atom is 0.432 e. The van der Waals surface area contributed by atoms with E-state index >= 15 is 0 Å². The van der Waals surface area contributed by atoms with E-state index in [1.54, 1.807) is 42.5 Å². The smallest absolute Gasteiger partial charge is 0.432 e. The average molecular weight is 411 g/mol. The van der Waals surface area contributed by atoms with Gasteiger partial charge in [0.1, 0.15) is 11.3 Å². The molecule has 4 aromatic rings. The lowest BCUT2D eigenvalue weighted by Crippen LogP contribution is -2.17. The van der Waals surface area contributed by atoms with E-state index in [1.165, 1.54) is 18.2 Å². The van der Waals surface area contributed by atoms with Crippen LogP contribution in [0.5, 0.6) is 0 Å². The van der Waals surface area contributed by atoms with Crippen LogP contribution in [0.15, 0.2) is 60.7 Å². The van der Waals surface area contributed by atoms with Crippen LogP contribution in [-0.2, 0) is 10.9 Å². The van der Waals surface area contributed by atoms with Gasteiger partial charge in [-0.2, -0.15) is 13.2 Å². The zero-order valence-electron chi connectivity index (χ0n) is 16.1. The van der Waals surface area contributed by atoms with E-state index in [4.69, 9.17) is 0 Å². The highest BCUT2D eigenvalue weighted by atomic mass is 19.4. The third-order valence-corrected chi connectivity index (χ3v) is 4.97. The zero-order valence-corrected chi connectivity index (χ0v) is 16.1. The molecule has 7 heteroatoms. The van der Waals surface area contributed by atoms with Crippen molar-refractivity contribution in [2.45, 2.75) is 13.1 Å². The van der Waals surface area contributed by atoms with E-state index < -0.39 is 29.2 Å². The second kappa shape index (κ2) is 7.02. The molecule has 0 amide bonds. The Morgan fingerprint density at radius 3 is 2.20 bits per heavy atom. The predicted octanol–water partition coefficient (Wildman–Crippen LogP) is 5.44. The second-order valence-corrected chi connectivity index (χ2v) is 6.90. The molecule has 0 atom stereocenters. The number of halogens is 3. The minimum Gasteiger partial charge on any atom is -0.465 e. The number of ether oxygens (including phenoxy) is 1. The van der Waals surface area contributed by atoms with Crippen LogP contribution < -0.4 is 0 Å². The monoisotopic (exact) mass is 411 g/mol. The lowest BCUT2D eigenvalue weighted by atomic mass is 9.99. The summed E-state index contributed by atoms with van der Waals surface area (Å²) in [5.41, 5.74) is -1.06. The highest BCUT2D eigenvalue weighted by molar-refractivity contribution is 6.20. The molecule has 4 rings (SSSR count). The lowest BCUT2D eigenvalue weighted by Gasteiger charge is -2.12. The van der Waals surface area contributed by atoms with Gasteiger partial charge in [-0.05, 0) is 30.5 Å². The lowest BCUT2D eigenvalue weighted by molar-refractivity contribution is -0.142. The number of ketones is 1. The van der Waals surface area contributed by atoms with E-state index in [0.717, 1.165) is 17.1 Å². The van der Waals surface area contributed by atoms with Crippen molar-refractivity contribution in [2.75, 3.05) is 7.11 Å². The van der Waals surface area contributed by atoms with E-state index in [2.05, 4.69) is 4.74 Å². The molecule has 4 nitrogen and oxygen atoms in total. The maximum atomic E-state index is 14.2. The Morgan fingerprint density at radius 2 is 1.57 bits per heavy atom. The fraction of sp³-hybridized carbons (Fsp3) is 0.130. The molecular formula is C23H16F3NO3. The van der Waals surface area contributed by atoms with E-state index in [1.807, 2.05) is 6.92 Å². The predicted molar refractivity (Wildman–Crippen MR) is 106 cm³/mol. The first kappa shape index (κ1) is 19.7. The summed E-state index contributed by atoms with van der Waals surface area (Å²) in [7, 11) is 0.989. The standard InChI is InChI=1S/C23H16F3NO3/c1-13-8-10-16-15(12-13)9-11-17-18(20(28)14-6-4-3-5-7-14)19(22(29)30-2)21(27(16)17)23(24,25)26/h3-12H,1-2H3. The Morgan fingerprint density at radius 1 is 0.900 bits per heavy atom. The number of aryl methyl sites for hydroxylation is 1. The van der Waals surface area contributed by atoms with E-state index in [-0.39, 0.29) is 22.2 Å². The summed E-state index contributed by atoms with van der Waals surface area (Å²) in [6.07, 6.45) is -4.90. The molecule has 0 spiro atoms. The summed E-state index contributed by atoms with van der Waals surface area (Å²) in [5, 5.41) is 0.554. The number of benzene rings is 2. The van der Waals surface area contributed by atoms with Crippen molar-refractivity contribution in [3.05, 3.63) is 88.6 Å². The number of esters is 1. The van der Waals surface area contributed by atoms with Gasteiger partial charge < -0.3 is 9.14 Å². The Balaban J connectivity index is 2.22. The fourth-order valence-electron chi connectivity index (χ4n) is 3.71. The number of methoxy groups -OCH3 is 1. The number of rotatable bonds is 3. The summed E-state index contributed by atoms with van der Waals surface area (Å²) in [6, 6.07) is 15.9. The van der Waals surface area contributed by atoms with Crippen LogP contribution in [0.1, 0.15) is 37.5 Å². The van der Waals surface area contributed by atoms with Gasteiger partial charge in [-0.15, -0.1) is 0 Å². The third-order valence-electron chi connectivity index (χ3n) is 4.97. The Bertz CT molecular complexity index is 1300. The zero-order chi connectivity index (χ0) is 21.6. The van der Waals surface area contributed by atoms with Gasteiger partial charge in [0.05, 0.1) is 23.7 Å². The van der Waals surface area contributed by atoms with Crippen molar-refractivity contribution >= 4 is 28.2 Å². The number of alkyl halides is 3. The molecule has 2 aromatic heterocycles. The van der Waals surface area contributed by atoms with Gasteiger partial charge >= 0.3 is 12.1 Å². The molecule has 0 fully saturated rings. The summed E-state index contributed by atoms with van der Waals surface area (Å²) in [5.74, 6) is -1.90. The minimum atomic E-state index is -4.90. The molecule has 0 aliphatic rings. The molecular weight excluding hydrogens is 395 g/mol. The SMILES string of the molecule is COC(=O)c1c(C(=O)c2ccccc2)c2ccc3cc(C)ccc3n2c1C(F)(F)F. The highest BCUT2D eigenvalue weighted by Gasteiger charge is 2.43. The molecule has 0 aliphatic carbocycles. The molecule has 0 bridgehead atoms. The number of aromatic nitrogens is 1. The Kier molecular flexibility index (Phi) is 4.61. The van der Waals surface area contributed by atoms with Crippen LogP contribution in [0.2, 0.25) is 0 Å². The van der Waals surface area contributed by atoms with Crippen LogP contribution >= 0.6 is 0 Å². The molecule has 2 heterocycles. The van der Waals surface area contributed by atoms with Gasteiger partial charge in [-0.25, -0.2) is 4.79 Å². The summed E-state index contributed by atoms with van der Waals surface area (Å²) < 4.78 is 48.2. The molecule has 0 unspecified atom stereocenters. The number of carbonyl (C=O) groups excluding carboxylic acids is 2. The van der Waals surface area contributed by atoms with Crippen LogP contribution in [0.25, 0.3) is 16.4 Å². The molecule has 152 valence electrons. The summed E-state index contributed by atoms with van der Waals surface area (Å²) >= 11 is 0. The van der Waals surface area contributed by atoms with Crippen LogP contribution in [0.4, 0.5) is 13.2 Å². The third kappa shape index (κ3) is 3.03. The number of hydrogen-bond acceptors (Lipinski definition) is 3. The average Bonchev–Trinajstić information content (AvgIpc) is 3.09. The molecule has 2 aromatic carbocycles. The number of nitrogens with zero attached hydrogens (tertiary/aromatic N) is 1. The van der Waals surface area contributed by atoms with Crippen LogP contribution in [0.3, 0.4) is 0 Å². The molecule has 0 saturated heterocycles. The van der Waals surface area contributed by atoms with Crippen molar-refractivity contribution in [1.82, 2.24) is 4.40 Å². The highest BCUT2D eigenvalue weighted by Crippen LogP contribution is 2.40. The maximum absolute atomic E-state index is 14.2. The number of fused-ring (bicyclic) bond motifs is 3. The first-order chi connectivity index (χ1) is 14.2. The summed E-state index contributed by atoms with van der Waals surface area (Å²) in [4.78, 5) is 25.8. The minimum absolute atomic E-state index is 0.00655. The van der Waals surface area contributed by atoms with Crippen molar-refractivity contribution in [3.8, 4) is 0 Å². The van der Waals surface area contributed by atoms with Gasteiger partial charge in [0.2, 0.25) is 0 Å². The quantitative estimate of drug-likeness (QED) is 0.333. The van der Waals surface area contributed by atoms with Crippen molar-refractivity contribution < 1.29 is 27.5 Å². The first-order valence-corrected chi connectivity index (χ1v) is 9.07. The molecule has 0 saturated carbocycles. The number of pyridine rings is 1. The second-order valence-electron chi connectivity index (χ2n) is 6.90. The van der Waals surface area contributed by atoms with Gasteiger partial charge in [-0.1, -0.05) is 48.0 Å². The topological polar surface area (TPSA) is 47.8 Å².